The number of carbonyl (C=O) groups excluding carboxylic acids is 1. The third-order valence-corrected chi connectivity index (χ3v) is 2.08. The molecule has 1 rings (SSSR count). The van der Waals surface area contributed by atoms with Crippen LogP contribution in [0.15, 0.2) is 18.2 Å². The van der Waals surface area contributed by atoms with Crippen molar-refractivity contribution in [2.45, 2.75) is 0 Å². The Morgan fingerprint density at radius 2 is 2.31 bits per heavy atom. The molecule has 4 nitrogen and oxygen atoms in total. The lowest BCUT2D eigenvalue weighted by Crippen LogP contribution is -2.27. The molecule has 84 valence electrons. The summed E-state index contributed by atoms with van der Waals surface area (Å²) in [7, 11) is 2.91. The largest absolute Gasteiger partial charge is 0.468 e. The zero-order valence-electron chi connectivity index (χ0n) is 9.03. The molecule has 1 aromatic rings. The van der Waals surface area contributed by atoms with Gasteiger partial charge in [0.05, 0.1) is 18.4 Å². The molecular formula is C11H11FN2O2. The zero-order valence-corrected chi connectivity index (χ0v) is 9.03. The van der Waals surface area contributed by atoms with Crippen molar-refractivity contribution >= 4 is 11.7 Å². The second-order valence-electron chi connectivity index (χ2n) is 3.21. The number of anilines is 1. The molecule has 0 saturated heterocycles. The molecule has 0 heterocycles. The van der Waals surface area contributed by atoms with Crippen LogP contribution in [0.3, 0.4) is 0 Å². The van der Waals surface area contributed by atoms with Crippen molar-refractivity contribution in [3.63, 3.8) is 0 Å². The Bertz CT molecular complexity index is 440. The van der Waals surface area contributed by atoms with E-state index in [1.165, 1.54) is 24.1 Å². The molecule has 0 N–H and O–H groups in total. The fourth-order valence-electron chi connectivity index (χ4n) is 1.27. The average molecular weight is 222 g/mol. The van der Waals surface area contributed by atoms with E-state index < -0.39 is 11.8 Å². The number of halogens is 1. The van der Waals surface area contributed by atoms with Crippen molar-refractivity contribution in [3.8, 4) is 6.07 Å². The summed E-state index contributed by atoms with van der Waals surface area (Å²) >= 11 is 0. The molecule has 0 bridgehead atoms. The summed E-state index contributed by atoms with van der Waals surface area (Å²) in [5.41, 5.74) is 0.681. The molecule has 0 atom stereocenters. The van der Waals surface area contributed by atoms with E-state index in [0.717, 1.165) is 6.07 Å². The molecule has 0 amide bonds. The maximum absolute atomic E-state index is 12.9. The normalized spacial score (nSPS) is 9.38. The van der Waals surface area contributed by atoms with Gasteiger partial charge in [0.2, 0.25) is 0 Å². The summed E-state index contributed by atoms with van der Waals surface area (Å²) in [5.74, 6) is -0.900. The van der Waals surface area contributed by atoms with Gasteiger partial charge >= 0.3 is 5.97 Å². The van der Waals surface area contributed by atoms with Crippen LogP contribution < -0.4 is 4.90 Å². The SMILES string of the molecule is COC(=O)CN(C)c1ccc(F)cc1C#N. The summed E-state index contributed by atoms with van der Waals surface area (Å²) in [6.45, 7) is 0.0107. The van der Waals surface area contributed by atoms with Gasteiger partial charge in [-0.05, 0) is 18.2 Å². The third kappa shape index (κ3) is 2.70. The summed E-state index contributed by atoms with van der Waals surface area (Å²) in [5, 5.41) is 8.82. The first-order valence-corrected chi connectivity index (χ1v) is 4.56. The first kappa shape index (κ1) is 12.0. The highest BCUT2D eigenvalue weighted by Crippen LogP contribution is 2.19. The highest BCUT2D eigenvalue weighted by atomic mass is 19.1. The molecule has 0 fully saturated rings. The minimum Gasteiger partial charge on any atom is -0.468 e. The molecule has 0 aliphatic carbocycles. The Balaban J connectivity index is 2.95. The van der Waals surface area contributed by atoms with Gasteiger partial charge in [-0.3, -0.25) is 4.79 Å². The number of nitrogens with zero attached hydrogens (tertiary/aromatic N) is 2. The molecule has 0 aliphatic rings. The predicted octanol–water partition coefficient (Wildman–Crippen LogP) is 1.31. The van der Waals surface area contributed by atoms with Crippen LogP contribution in [0.1, 0.15) is 5.56 Å². The molecule has 0 radical (unpaired) electrons. The van der Waals surface area contributed by atoms with Crippen LogP contribution in [0, 0.1) is 17.1 Å². The van der Waals surface area contributed by atoms with Gasteiger partial charge in [-0.1, -0.05) is 0 Å². The van der Waals surface area contributed by atoms with Gasteiger partial charge in [0.15, 0.2) is 0 Å². The monoisotopic (exact) mass is 222 g/mol. The number of ether oxygens (including phenoxy) is 1. The minimum atomic E-state index is -0.480. The molecule has 16 heavy (non-hydrogen) atoms. The van der Waals surface area contributed by atoms with Crippen molar-refractivity contribution in [2.24, 2.45) is 0 Å². The Kier molecular flexibility index (Phi) is 3.84. The number of likely N-dealkylation sites (N-methyl/N-ethyl adjacent to an activating group) is 1. The van der Waals surface area contributed by atoms with Crippen LogP contribution in [0.25, 0.3) is 0 Å². The van der Waals surface area contributed by atoms with Gasteiger partial charge in [-0.15, -0.1) is 0 Å². The number of hydrogen-bond donors (Lipinski definition) is 0. The van der Waals surface area contributed by atoms with E-state index in [9.17, 15) is 9.18 Å². The highest BCUT2D eigenvalue weighted by molar-refractivity contribution is 5.76. The van der Waals surface area contributed by atoms with Gasteiger partial charge in [-0.25, -0.2) is 4.39 Å². The Morgan fingerprint density at radius 1 is 1.62 bits per heavy atom. The number of methoxy groups -OCH3 is 1. The fraction of sp³-hybridized carbons (Fsp3) is 0.273. The van der Waals surface area contributed by atoms with Gasteiger partial charge < -0.3 is 9.64 Å². The summed E-state index contributed by atoms with van der Waals surface area (Å²) in [6.07, 6.45) is 0. The number of benzene rings is 1. The van der Waals surface area contributed by atoms with Crippen molar-refractivity contribution in [3.05, 3.63) is 29.6 Å². The molecule has 0 aromatic heterocycles. The fourth-order valence-corrected chi connectivity index (χ4v) is 1.27. The first-order valence-electron chi connectivity index (χ1n) is 4.56. The van der Waals surface area contributed by atoms with Crippen LogP contribution in [-0.4, -0.2) is 26.7 Å². The van der Waals surface area contributed by atoms with Crippen molar-refractivity contribution < 1.29 is 13.9 Å². The standard InChI is InChI=1S/C11H11FN2O2/c1-14(7-11(15)16-2)10-4-3-9(12)5-8(10)6-13/h3-5H,7H2,1-2H3. The molecule has 0 saturated carbocycles. The van der Waals surface area contributed by atoms with Crippen LogP contribution in [0.2, 0.25) is 0 Å². The molecule has 0 unspecified atom stereocenters. The summed E-state index contributed by atoms with van der Waals surface area (Å²) in [6, 6.07) is 5.70. The van der Waals surface area contributed by atoms with E-state index in [4.69, 9.17) is 5.26 Å². The number of carbonyl (C=O) groups is 1. The Morgan fingerprint density at radius 3 is 2.88 bits per heavy atom. The number of rotatable bonds is 3. The lowest BCUT2D eigenvalue weighted by molar-refractivity contribution is -0.138. The van der Waals surface area contributed by atoms with Crippen molar-refractivity contribution in [1.82, 2.24) is 0 Å². The van der Waals surface area contributed by atoms with Gasteiger partial charge in [0.1, 0.15) is 18.4 Å². The molecular weight excluding hydrogens is 211 g/mol. The second-order valence-corrected chi connectivity index (χ2v) is 3.21. The quantitative estimate of drug-likeness (QED) is 0.723. The smallest absolute Gasteiger partial charge is 0.325 e. The van der Waals surface area contributed by atoms with E-state index in [1.54, 1.807) is 7.05 Å². The molecule has 0 aliphatic heterocycles. The van der Waals surface area contributed by atoms with E-state index in [2.05, 4.69) is 4.74 Å². The van der Waals surface area contributed by atoms with E-state index in [-0.39, 0.29) is 12.1 Å². The van der Waals surface area contributed by atoms with Crippen LogP contribution >= 0.6 is 0 Å². The Hall–Kier alpha value is -2.09. The molecule has 1 aromatic carbocycles. The maximum Gasteiger partial charge on any atom is 0.325 e. The van der Waals surface area contributed by atoms with Crippen LogP contribution in [0.4, 0.5) is 10.1 Å². The third-order valence-electron chi connectivity index (χ3n) is 2.08. The zero-order chi connectivity index (χ0) is 12.1. The van der Waals surface area contributed by atoms with Crippen LogP contribution in [-0.2, 0) is 9.53 Å². The number of esters is 1. The number of hydrogen-bond acceptors (Lipinski definition) is 4. The lowest BCUT2D eigenvalue weighted by Gasteiger charge is -2.18. The second kappa shape index (κ2) is 5.12. The average Bonchev–Trinajstić information content (AvgIpc) is 2.28. The first-order chi connectivity index (χ1) is 7.58. The van der Waals surface area contributed by atoms with E-state index in [0.29, 0.717) is 5.69 Å². The van der Waals surface area contributed by atoms with Gasteiger partial charge in [-0.2, -0.15) is 5.26 Å². The Labute approximate surface area is 92.8 Å². The van der Waals surface area contributed by atoms with Gasteiger partial charge in [0, 0.05) is 7.05 Å². The highest BCUT2D eigenvalue weighted by Gasteiger charge is 2.11. The maximum atomic E-state index is 12.9. The van der Waals surface area contributed by atoms with E-state index in [1.807, 2.05) is 6.07 Å². The lowest BCUT2D eigenvalue weighted by atomic mass is 10.1. The summed E-state index contributed by atoms with van der Waals surface area (Å²) in [4.78, 5) is 12.6. The molecule has 0 spiro atoms. The predicted molar refractivity (Wildman–Crippen MR) is 56.4 cm³/mol. The van der Waals surface area contributed by atoms with Crippen molar-refractivity contribution in [1.29, 1.82) is 5.26 Å². The number of nitriles is 1. The van der Waals surface area contributed by atoms with Gasteiger partial charge in [0.25, 0.3) is 0 Å². The minimum absolute atomic E-state index is 0.0107. The van der Waals surface area contributed by atoms with E-state index >= 15 is 0 Å². The molecule has 5 heteroatoms. The summed E-state index contributed by atoms with van der Waals surface area (Å²) < 4.78 is 17.4. The van der Waals surface area contributed by atoms with Crippen LogP contribution in [0.5, 0.6) is 0 Å². The van der Waals surface area contributed by atoms with Crippen molar-refractivity contribution in [2.75, 3.05) is 25.6 Å². The topological polar surface area (TPSA) is 53.3 Å².